The number of halogens is 1. The molecule has 0 saturated heterocycles. The average Bonchev–Trinajstić information content (AvgIpc) is 3.45. The number of imidazole rings is 1. The molecule has 4 rings (SSSR count). The number of aromatic amines is 1. The lowest BCUT2D eigenvalue weighted by Crippen LogP contribution is -2.12. The average molecular weight is 440 g/mol. The molecule has 162 valence electrons. The van der Waals surface area contributed by atoms with Gasteiger partial charge in [0.1, 0.15) is 12.1 Å². The normalized spacial score (nSPS) is 11.9. The van der Waals surface area contributed by atoms with Crippen LogP contribution in [0.2, 0.25) is 0 Å². The van der Waals surface area contributed by atoms with E-state index in [2.05, 4.69) is 32.1 Å². The molecule has 0 aliphatic rings. The first-order valence-electron chi connectivity index (χ1n) is 10.2. The minimum Gasteiger partial charge on any atom is -0.442 e. The highest BCUT2D eigenvalue weighted by atomic mass is 35.5. The molecule has 0 spiro atoms. The number of nitrogens with one attached hydrogen (secondary N) is 1. The van der Waals surface area contributed by atoms with Crippen LogP contribution in [0.3, 0.4) is 0 Å². The molecule has 0 saturated carbocycles. The van der Waals surface area contributed by atoms with E-state index in [0.29, 0.717) is 6.42 Å². The number of rotatable bonds is 9. The van der Waals surface area contributed by atoms with Crippen LogP contribution in [-0.4, -0.2) is 25.7 Å². The van der Waals surface area contributed by atoms with E-state index < -0.39 is 0 Å². The van der Waals surface area contributed by atoms with Crippen molar-refractivity contribution in [2.45, 2.75) is 45.1 Å². The Kier molecular flexibility index (Phi) is 7.55. The van der Waals surface area contributed by atoms with Gasteiger partial charge in [-0.25, -0.2) is 9.97 Å². The maximum absolute atomic E-state index is 11.9. The first-order chi connectivity index (χ1) is 14.6. The third kappa shape index (κ3) is 5.57. The summed E-state index contributed by atoms with van der Waals surface area (Å²) >= 11 is 0. The first kappa shape index (κ1) is 22.7. The SMILES string of the molecule is Cc1ccc2cc(-c3c[nH]c(C(N)CCCCCC(=O)c4ncco4)n3)ccc2n1.Cl. The number of pyridine rings is 1. The quantitative estimate of drug-likeness (QED) is 0.274. The van der Waals surface area contributed by atoms with Gasteiger partial charge in [0.25, 0.3) is 5.89 Å². The number of nitrogens with two attached hydrogens (primary N) is 1. The molecule has 1 atom stereocenters. The predicted octanol–water partition coefficient (Wildman–Crippen LogP) is 5.18. The summed E-state index contributed by atoms with van der Waals surface area (Å²) in [6, 6.07) is 10.1. The van der Waals surface area contributed by atoms with Gasteiger partial charge in [-0.15, -0.1) is 12.4 Å². The Morgan fingerprint density at radius 3 is 2.84 bits per heavy atom. The molecule has 8 heteroatoms. The Morgan fingerprint density at radius 2 is 2.03 bits per heavy atom. The number of hydrogen-bond donors (Lipinski definition) is 2. The molecule has 0 bridgehead atoms. The molecule has 0 aliphatic heterocycles. The number of aromatic nitrogens is 4. The Hall–Kier alpha value is -3.03. The number of ketones is 1. The van der Waals surface area contributed by atoms with Crippen molar-refractivity contribution in [2.24, 2.45) is 5.73 Å². The van der Waals surface area contributed by atoms with Gasteiger partial charge in [-0.3, -0.25) is 9.78 Å². The van der Waals surface area contributed by atoms with Crippen molar-refractivity contribution in [3.05, 3.63) is 66.4 Å². The number of unbranched alkanes of at least 4 members (excludes halogenated alkanes) is 2. The van der Waals surface area contributed by atoms with E-state index in [1.807, 2.05) is 31.3 Å². The van der Waals surface area contributed by atoms with Gasteiger partial charge in [-0.2, -0.15) is 0 Å². The maximum Gasteiger partial charge on any atom is 0.263 e. The van der Waals surface area contributed by atoms with Gasteiger partial charge in [0, 0.05) is 29.3 Å². The lowest BCUT2D eigenvalue weighted by Gasteiger charge is -2.08. The van der Waals surface area contributed by atoms with E-state index in [9.17, 15) is 4.79 Å². The molecule has 1 aromatic carbocycles. The number of nitrogens with zero attached hydrogens (tertiary/aromatic N) is 3. The van der Waals surface area contributed by atoms with Crippen LogP contribution in [0.25, 0.3) is 22.2 Å². The zero-order valence-corrected chi connectivity index (χ0v) is 18.2. The standard InChI is InChI=1S/C23H25N5O2.ClH/c1-15-7-8-16-13-17(9-10-19(16)27-15)20-14-26-22(28-20)18(24)5-3-2-4-6-21(29)23-25-11-12-30-23;/h7-14,18H,2-6,24H2,1H3,(H,26,28);1H. The summed E-state index contributed by atoms with van der Waals surface area (Å²) in [5, 5.41) is 1.09. The fourth-order valence-electron chi connectivity index (χ4n) is 3.49. The van der Waals surface area contributed by atoms with Gasteiger partial charge >= 0.3 is 0 Å². The number of benzene rings is 1. The van der Waals surface area contributed by atoms with E-state index in [0.717, 1.165) is 59.4 Å². The lowest BCUT2D eigenvalue weighted by atomic mass is 10.1. The molecule has 3 heterocycles. The summed E-state index contributed by atoms with van der Waals surface area (Å²) in [4.78, 5) is 28.2. The number of carbonyl (C=O) groups is 1. The largest absolute Gasteiger partial charge is 0.442 e. The Balaban J connectivity index is 0.00000272. The number of carbonyl (C=O) groups excluding carboxylic acids is 1. The second-order valence-corrected chi connectivity index (χ2v) is 7.50. The van der Waals surface area contributed by atoms with Crippen molar-refractivity contribution in [3.8, 4) is 11.3 Å². The van der Waals surface area contributed by atoms with Gasteiger partial charge < -0.3 is 15.1 Å². The smallest absolute Gasteiger partial charge is 0.263 e. The molecule has 7 nitrogen and oxygen atoms in total. The summed E-state index contributed by atoms with van der Waals surface area (Å²) in [6.07, 6.45) is 8.69. The van der Waals surface area contributed by atoms with E-state index in [1.165, 1.54) is 12.5 Å². The highest BCUT2D eigenvalue weighted by molar-refractivity contribution is 5.91. The molecule has 0 aliphatic carbocycles. The fourth-order valence-corrected chi connectivity index (χ4v) is 3.49. The van der Waals surface area contributed by atoms with Crippen molar-refractivity contribution in [1.82, 2.24) is 19.9 Å². The number of hydrogen-bond acceptors (Lipinski definition) is 6. The highest BCUT2D eigenvalue weighted by Gasteiger charge is 2.13. The molecule has 31 heavy (non-hydrogen) atoms. The molecule has 1 unspecified atom stereocenters. The van der Waals surface area contributed by atoms with E-state index in [-0.39, 0.29) is 30.1 Å². The molecule has 4 aromatic rings. The molecule has 0 fully saturated rings. The van der Waals surface area contributed by atoms with Crippen LogP contribution < -0.4 is 5.73 Å². The minimum atomic E-state index is -0.161. The Labute approximate surface area is 186 Å². The molecular weight excluding hydrogens is 414 g/mol. The van der Waals surface area contributed by atoms with Gasteiger partial charge in [0.2, 0.25) is 5.78 Å². The van der Waals surface area contributed by atoms with Gasteiger partial charge in [0.05, 0.1) is 23.4 Å². The van der Waals surface area contributed by atoms with Crippen LogP contribution in [-0.2, 0) is 0 Å². The summed E-state index contributed by atoms with van der Waals surface area (Å²) < 4.78 is 5.02. The van der Waals surface area contributed by atoms with Crippen molar-refractivity contribution in [3.63, 3.8) is 0 Å². The fraction of sp³-hybridized carbons (Fsp3) is 0.304. The number of fused-ring (bicyclic) bond motifs is 1. The summed E-state index contributed by atoms with van der Waals surface area (Å²) in [7, 11) is 0. The minimum absolute atomic E-state index is 0. The van der Waals surface area contributed by atoms with E-state index in [4.69, 9.17) is 10.2 Å². The van der Waals surface area contributed by atoms with Crippen LogP contribution in [0, 0.1) is 6.92 Å². The monoisotopic (exact) mass is 439 g/mol. The number of Topliss-reactive ketones (excluding diaryl/α,β-unsaturated/α-hetero) is 1. The second-order valence-electron chi connectivity index (χ2n) is 7.50. The lowest BCUT2D eigenvalue weighted by molar-refractivity contribution is 0.0945. The zero-order chi connectivity index (χ0) is 20.9. The Bertz CT molecular complexity index is 1140. The third-order valence-corrected chi connectivity index (χ3v) is 5.16. The molecule has 3 aromatic heterocycles. The number of oxazole rings is 1. The van der Waals surface area contributed by atoms with Crippen LogP contribution in [0.4, 0.5) is 0 Å². The maximum atomic E-state index is 11.9. The van der Waals surface area contributed by atoms with Gasteiger partial charge in [-0.05, 0) is 38.0 Å². The van der Waals surface area contributed by atoms with Gasteiger partial charge in [0.15, 0.2) is 0 Å². The molecule has 0 radical (unpaired) electrons. The van der Waals surface area contributed by atoms with Crippen LogP contribution in [0.5, 0.6) is 0 Å². The second kappa shape index (κ2) is 10.3. The topological polar surface area (TPSA) is 111 Å². The van der Waals surface area contributed by atoms with Gasteiger partial charge in [-0.1, -0.05) is 25.0 Å². The molecule has 3 N–H and O–H groups in total. The van der Waals surface area contributed by atoms with Crippen LogP contribution in [0.15, 0.2) is 53.4 Å². The van der Waals surface area contributed by atoms with Crippen molar-refractivity contribution in [2.75, 3.05) is 0 Å². The number of aryl methyl sites for hydroxylation is 1. The third-order valence-electron chi connectivity index (χ3n) is 5.16. The van der Waals surface area contributed by atoms with E-state index >= 15 is 0 Å². The van der Waals surface area contributed by atoms with E-state index in [1.54, 1.807) is 0 Å². The van der Waals surface area contributed by atoms with Crippen molar-refractivity contribution < 1.29 is 9.21 Å². The molecular formula is C23H26ClN5O2. The Morgan fingerprint density at radius 1 is 1.16 bits per heavy atom. The molecule has 0 amide bonds. The zero-order valence-electron chi connectivity index (χ0n) is 17.4. The first-order valence-corrected chi connectivity index (χ1v) is 10.2. The highest BCUT2D eigenvalue weighted by Crippen LogP contribution is 2.24. The predicted molar refractivity (Wildman–Crippen MR) is 122 cm³/mol. The summed E-state index contributed by atoms with van der Waals surface area (Å²) in [5.41, 5.74) is 10.2. The summed E-state index contributed by atoms with van der Waals surface area (Å²) in [6.45, 7) is 1.99. The van der Waals surface area contributed by atoms with Crippen LogP contribution in [0.1, 0.15) is 60.3 Å². The van der Waals surface area contributed by atoms with Crippen molar-refractivity contribution >= 4 is 29.1 Å². The number of H-pyrrole nitrogens is 1. The van der Waals surface area contributed by atoms with Crippen LogP contribution >= 0.6 is 12.4 Å². The summed E-state index contributed by atoms with van der Waals surface area (Å²) in [5.74, 6) is 0.915. The van der Waals surface area contributed by atoms with Crippen molar-refractivity contribution in [1.29, 1.82) is 0 Å².